The van der Waals surface area contributed by atoms with Gasteiger partial charge in [-0.3, -0.25) is 0 Å². The number of aliphatic hydroxyl groups is 1. The average Bonchev–Trinajstić information content (AvgIpc) is 3.21. The molecule has 0 aromatic heterocycles. The Morgan fingerprint density at radius 3 is 1.44 bits per heavy atom. The molecule has 6 unspecified atom stereocenters. The molecule has 1 nitrogen and oxygen atoms in total. The van der Waals surface area contributed by atoms with Crippen molar-refractivity contribution in [3.63, 3.8) is 0 Å². The van der Waals surface area contributed by atoms with E-state index in [2.05, 4.69) is 76.2 Å². The molecule has 6 atom stereocenters. The quantitative estimate of drug-likeness (QED) is 0.342. The molecule has 1 fully saturated rings. The Balaban J connectivity index is -0.000000111. The van der Waals surface area contributed by atoms with Gasteiger partial charge in [0.15, 0.2) is 0 Å². The molecule has 0 saturated heterocycles. The normalized spacial score (nSPS) is 19.6. The topological polar surface area (TPSA) is 20.2 Å². The second kappa shape index (κ2) is 35.1. The van der Waals surface area contributed by atoms with E-state index in [1.165, 1.54) is 57.8 Å². The molecule has 0 bridgehead atoms. The van der Waals surface area contributed by atoms with Crippen molar-refractivity contribution in [2.75, 3.05) is 0 Å². The van der Waals surface area contributed by atoms with Gasteiger partial charge in [0.25, 0.3) is 0 Å². The van der Waals surface area contributed by atoms with E-state index in [-0.39, 0.29) is 6.10 Å². The molecule has 214 valence electrons. The van der Waals surface area contributed by atoms with Crippen LogP contribution in [0, 0.1) is 35.5 Å². The Kier molecular flexibility index (Phi) is 45.4. The van der Waals surface area contributed by atoms with E-state index in [1.54, 1.807) is 0 Å². The smallest absolute Gasteiger partial charge is 0.0514 e. The molecule has 0 amide bonds. The highest BCUT2D eigenvalue weighted by Crippen LogP contribution is 2.32. The van der Waals surface area contributed by atoms with Gasteiger partial charge in [0.2, 0.25) is 0 Å². The Bertz CT molecular complexity index is 302. The van der Waals surface area contributed by atoms with Crippen molar-refractivity contribution in [2.24, 2.45) is 35.5 Å². The van der Waals surface area contributed by atoms with Crippen LogP contribution in [0.15, 0.2) is 0 Å². The third-order valence-electron chi connectivity index (χ3n) is 6.50. The molecule has 0 spiro atoms. The van der Waals surface area contributed by atoms with Crippen molar-refractivity contribution >= 4 is 0 Å². The van der Waals surface area contributed by atoms with Gasteiger partial charge in [0, 0.05) is 0 Å². The molecule has 0 aliphatic heterocycles. The summed E-state index contributed by atoms with van der Waals surface area (Å²) in [7, 11) is 0. The lowest BCUT2D eigenvalue weighted by atomic mass is 9.81. The highest BCUT2D eigenvalue weighted by atomic mass is 16.3. The summed E-state index contributed by atoms with van der Waals surface area (Å²) in [5.41, 5.74) is 0. The third kappa shape index (κ3) is 36.5. The molecule has 0 heterocycles. The van der Waals surface area contributed by atoms with E-state index in [4.69, 9.17) is 5.11 Å². The van der Waals surface area contributed by atoms with Crippen molar-refractivity contribution in [2.45, 2.75) is 181 Å². The van der Waals surface area contributed by atoms with Crippen LogP contribution in [0.4, 0.5) is 0 Å². The van der Waals surface area contributed by atoms with Crippen molar-refractivity contribution in [3.8, 4) is 0 Å². The largest absolute Gasteiger partial charge is 0.393 e. The Morgan fingerprint density at radius 1 is 0.735 bits per heavy atom. The Hall–Kier alpha value is -0.0400. The van der Waals surface area contributed by atoms with Gasteiger partial charge >= 0.3 is 0 Å². The first-order valence-corrected chi connectivity index (χ1v) is 15.7. The number of rotatable bonds is 9. The van der Waals surface area contributed by atoms with E-state index in [9.17, 15) is 0 Å². The van der Waals surface area contributed by atoms with E-state index < -0.39 is 0 Å². The summed E-state index contributed by atoms with van der Waals surface area (Å²) in [5, 5.41) is 8.72. The van der Waals surface area contributed by atoms with Crippen molar-refractivity contribution < 1.29 is 5.11 Å². The SMILES string of the molecule is CC.CC.CC(C)CC(C)O.CCC.CCCC(C)C(C)C(C)CC.CCCC1CCC(C)C1. The lowest BCUT2D eigenvalue weighted by molar-refractivity contribution is 0.168. The molecule has 1 saturated carbocycles. The second-order valence-electron chi connectivity index (χ2n) is 10.8. The van der Waals surface area contributed by atoms with Crippen LogP contribution in [0.2, 0.25) is 0 Å². The van der Waals surface area contributed by atoms with E-state index in [1.807, 2.05) is 34.6 Å². The summed E-state index contributed by atoms with van der Waals surface area (Å²) >= 11 is 0. The molecule has 1 N–H and O–H groups in total. The van der Waals surface area contributed by atoms with E-state index in [0.29, 0.717) is 5.92 Å². The highest BCUT2D eigenvalue weighted by molar-refractivity contribution is 4.71. The molecule has 0 aromatic rings. The first-order valence-electron chi connectivity index (χ1n) is 15.7. The maximum absolute atomic E-state index is 8.72. The molecule has 0 aromatic carbocycles. The summed E-state index contributed by atoms with van der Waals surface area (Å²) in [6.07, 6.45) is 13.5. The number of hydrogen-bond donors (Lipinski definition) is 1. The predicted molar refractivity (Wildman–Crippen MR) is 164 cm³/mol. The summed E-state index contributed by atoms with van der Waals surface area (Å²) in [6.45, 7) is 34.7. The monoisotopic (exact) mass is 489 g/mol. The summed E-state index contributed by atoms with van der Waals surface area (Å²) in [5.74, 6) is 5.46. The van der Waals surface area contributed by atoms with Crippen LogP contribution < -0.4 is 0 Å². The number of aliphatic hydroxyl groups excluding tert-OH is 1. The molecular weight excluding hydrogens is 412 g/mol. The zero-order valence-electron chi connectivity index (χ0n) is 27.6. The van der Waals surface area contributed by atoms with E-state index in [0.717, 1.165) is 36.0 Å². The molecule has 1 aliphatic rings. The van der Waals surface area contributed by atoms with Gasteiger partial charge in [0.1, 0.15) is 0 Å². The van der Waals surface area contributed by atoms with Crippen LogP contribution >= 0.6 is 0 Å². The molecule has 1 heteroatoms. The molecule has 1 aliphatic carbocycles. The van der Waals surface area contributed by atoms with Gasteiger partial charge in [0.05, 0.1) is 6.10 Å². The highest BCUT2D eigenvalue weighted by Gasteiger charge is 2.19. The van der Waals surface area contributed by atoms with Gasteiger partial charge < -0.3 is 5.11 Å². The van der Waals surface area contributed by atoms with Gasteiger partial charge in [-0.1, -0.05) is 155 Å². The van der Waals surface area contributed by atoms with Crippen LogP contribution in [0.5, 0.6) is 0 Å². The van der Waals surface area contributed by atoms with Gasteiger partial charge in [-0.05, 0) is 55.3 Å². The second-order valence-corrected chi connectivity index (χ2v) is 10.8. The van der Waals surface area contributed by atoms with Crippen molar-refractivity contribution in [1.29, 1.82) is 0 Å². The van der Waals surface area contributed by atoms with Crippen LogP contribution in [-0.4, -0.2) is 11.2 Å². The van der Waals surface area contributed by atoms with Crippen LogP contribution in [0.1, 0.15) is 175 Å². The maximum atomic E-state index is 8.72. The van der Waals surface area contributed by atoms with Gasteiger partial charge in [-0.15, -0.1) is 0 Å². The lowest BCUT2D eigenvalue weighted by Gasteiger charge is -2.24. The summed E-state index contributed by atoms with van der Waals surface area (Å²) in [4.78, 5) is 0. The summed E-state index contributed by atoms with van der Waals surface area (Å²) in [6, 6.07) is 0. The predicted octanol–water partition coefficient (Wildman–Crippen LogP) is 12.2. The molecule has 0 radical (unpaired) electrons. The Labute approximate surface area is 221 Å². The van der Waals surface area contributed by atoms with Crippen molar-refractivity contribution in [3.05, 3.63) is 0 Å². The minimum absolute atomic E-state index is 0.125. The fourth-order valence-electron chi connectivity index (χ4n) is 4.33. The maximum Gasteiger partial charge on any atom is 0.0514 e. The number of hydrogen-bond acceptors (Lipinski definition) is 1. The minimum Gasteiger partial charge on any atom is -0.393 e. The Morgan fingerprint density at radius 2 is 1.21 bits per heavy atom. The fraction of sp³-hybridized carbons (Fsp3) is 1.00. The van der Waals surface area contributed by atoms with Crippen LogP contribution in [0.3, 0.4) is 0 Å². The van der Waals surface area contributed by atoms with Crippen LogP contribution in [-0.2, 0) is 0 Å². The molecular formula is C33H76O. The van der Waals surface area contributed by atoms with Crippen LogP contribution in [0.25, 0.3) is 0 Å². The third-order valence-corrected chi connectivity index (χ3v) is 6.50. The zero-order valence-corrected chi connectivity index (χ0v) is 27.6. The summed E-state index contributed by atoms with van der Waals surface area (Å²) < 4.78 is 0. The average molecular weight is 489 g/mol. The first-order chi connectivity index (χ1) is 16.0. The standard InChI is InChI=1S/C11H24.C9H18.C6H14O.C3H8.2C2H6/c1-6-8-10(4)11(5)9(3)7-2;1-3-4-9-6-5-8(2)7-9;1-5(2)4-6(3)7;1-3-2;2*1-2/h9-11H,6-8H2,1-5H3;8-9H,3-7H2,1-2H3;5-7H,4H2,1-3H3;3H2,1-2H3;2*1-2H3. The van der Waals surface area contributed by atoms with Gasteiger partial charge in [-0.25, -0.2) is 0 Å². The van der Waals surface area contributed by atoms with Crippen molar-refractivity contribution in [1.82, 2.24) is 0 Å². The molecule has 1 rings (SSSR count). The zero-order chi connectivity index (χ0) is 28.1. The first kappa shape index (κ1) is 44.0. The fourth-order valence-corrected chi connectivity index (χ4v) is 4.33. The lowest BCUT2D eigenvalue weighted by Crippen LogP contribution is -2.15. The minimum atomic E-state index is -0.125. The van der Waals surface area contributed by atoms with Gasteiger partial charge in [-0.2, -0.15) is 0 Å². The van der Waals surface area contributed by atoms with E-state index >= 15 is 0 Å². The molecule has 34 heavy (non-hydrogen) atoms.